The molecule has 2 heterocycles. The molecule has 0 fully saturated rings. The maximum Gasteiger partial charge on any atom is 0.259 e. The molecular weight excluding hydrogens is 352 g/mol. The van der Waals surface area contributed by atoms with Crippen molar-refractivity contribution in [3.63, 3.8) is 0 Å². The van der Waals surface area contributed by atoms with E-state index in [1.54, 1.807) is 35.2 Å². The number of fused-ring (bicyclic) bond motifs is 1. The number of halogens is 1. The molecule has 0 aliphatic carbocycles. The number of aliphatic hydroxyl groups is 1. The number of anilines is 1. The van der Waals surface area contributed by atoms with Crippen molar-refractivity contribution in [3.05, 3.63) is 75.0 Å². The number of aryl methyl sites for hydroxylation is 1. The van der Waals surface area contributed by atoms with Crippen molar-refractivity contribution >= 4 is 39.6 Å². The minimum atomic E-state index is -0.310. The molecule has 130 valence electrons. The fraction of sp³-hybridized carbons (Fsp3) is 0.105. The van der Waals surface area contributed by atoms with E-state index in [0.29, 0.717) is 21.6 Å². The van der Waals surface area contributed by atoms with E-state index in [1.807, 2.05) is 19.1 Å². The lowest BCUT2D eigenvalue weighted by molar-refractivity contribution is 0.411. The summed E-state index contributed by atoms with van der Waals surface area (Å²) < 4.78 is 0. The average molecular weight is 367 g/mol. The van der Waals surface area contributed by atoms with Crippen LogP contribution in [0.4, 0.5) is 5.69 Å². The molecule has 3 N–H and O–H groups in total. The van der Waals surface area contributed by atoms with Gasteiger partial charge in [-0.15, -0.1) is 0 Å². The molecule has 1 aliphatic rings. The van der Waals surface area contributed by atoms with Gasteiger partial charge in [0, 0.05) is 10.7 Å². The summed E-state index contributed by atoms with van der Waals surface area (Å²) >= 11 is 6.18. The molecule has 6 nitrogen and oxygen atoms in total. The van der Waals surface area contributed by atoms with Crippen LogP contribution >= 0.6 is 11.6 Å². The normalized spacial score (nSPS) is 14.5. The van der Waals surface area contributed by atoms with Gasteiger partial charge in [0.05, 0.1) is 23.0 Å². The molecule has 4 rings (SSSR count). The molecule has 0 radical (unpaired) electrons. The number of benzene rings is 2. The van der Waals surface area contributed by atoms with Crippen LogP contribution in [0, 0.1) is 12.3 Å². The van der Waals surface area contributed by atoms with Crippen molar-refractivity contribution in [2.24, 2.45) is 0 Å². The Morgan fingerprint density at radius 2 is 2.04 bits per heavy atom. The highest BCUT2D eigenvalue weighted by atomic mass is 35.5. The van der Waals surface area contributed by atoms with Crippen LogP contribution in [0.2, 0.25) is 5.02 Å². The van der Waals surface area contributed by atoms with E-state index in [4.69, 9.17) is 17.0 Å². The van der Waals surface area contributed by atoms with Crippen LogP contribution in [-0.2, 0) is 0 Å². The SMILES string of the molecule is Cc1ccc(N2CC(O)=C(c3nc4ccccc4c(=O)[nH]3)C2=N)cc1Cl. The number of para-hydroxylation sites is 1. The number of aromatic nitrogens is 2. The van der Waals surface area contributed by atoms with E-state index in [9.17, 15) is 9.90 Å². The lowest BCUT2D eigenvalue weighted by atomic mass is 10.2. The van der Waals surface area contributed by atoms with Crippen LogP contribution in [0.15, 0.2) is 53.0 Å². The molecule has 2 aromatic carbocycles. The summed E-state index contributed by atoms with van der Waals surface area (Å²) in [7, 11) is 0. The predicted octanol–water partition coefficient (Wildman–Crippen LogP) is 3.65. The van der Waals surface area contributed by atoms with Gasteiger partial charge in [-0.25, -0.2) is 4.98 Å². The highest BCUT2D eigenvalue weighted by molar-refractivity contribution is 6.33. The molecule has 0 amide bonds. The maximum absolute atomic E-state index is 12.3. The number of amidine groups is 1. The van der Waals surface area contributed by atoms with Gasteiger partial charge in [0.15, 0.2) is 0 Å². The number of H-pyrrole nitrogens is 1. The van der Waals surface area contributed by atoms with Gasteiger partial charge in [-0.1, -0.05) is 29.8 Å². The lowest BCUT2D eigenvalue weighted by Gasteiger charge is -2.19. The fourth-order valence-electron chi connectivity index (χ4n) is 3.00. The summed E-state index contributed by atoms with van der Waals surface area (Å²) in [5, 5.41) is 20.0. The first kappa shape index (κ1) is 16.4. The zero-order chi connectivity index (χ0) is 18.4. The Bertz CT molecular complexity index is 1150. The Balaban J connectivity index is 1.78. The van der Waals surface area contributed by atoms with Crippen LogP contribution in [0.3, 0.4) is 0 Å². The Morgan fingerprint density at radius 3 is 2.81 bits per heavy atom. The minimum Gasteiger partial charge on any atom is -0.509 e. The molecule has 1 aromatic heterocycles. The highest BCUT2D eigenvalue weighted by Gasteiger charge is 2.31. The second-order valence-corrected chi connectivity index (χ2v) is 6.53. The summed E-state index contributed by atoms with van der Waals surface area (Å²) in [5.74, 6) is 0.211. The second kappa shape index (κ2) is 6.00. The Morgan fingerprint density at radius 1 is 1.27 bits per heavy atom. The minimum absolute atomic E-state index is 0.0230. The van der Waals surface area contributed by atoms with E-state index in [1.165, 1.54) is 0 Å². The van der Waals surface area contributed by atoms with Crippen LogP contribution < -0.4 is 10.5 Å². The molecule has 0 saturated heterocycles. The number of aromatic amines is 1. The van der Waals surface area contributed by atoms with Crippen molar-refractivity contribution in [1.82, 2.24) is 9.97 Å². The monoisotopic (exact) mass is 366 g/mol. The lowest BCUT2D eigenvalue weighted by Crippen LogP contribution is -2.26. The average Bonchev–Trinajstić information content (AvgIpc) is 2.92. The Kier molecular flexibility index (Phi) is 3.77. The number of hydrogen-bond donors (Lipinski definition) is 3. The summed E-state index contributed by atoms with van der Waals surface area (Å²) in [4.78, 5) is 21.0. The zero-order valence-corrected chi connectivity index (χ0v) is 14.6. The van der Waals surface area contributed by atoms with Gasteiger partial charge in [-0.2, -0.15) is 0 Å². The molecule has 0 spiro atoms. The predicted molar refractivity (Wildman–Crippen MR) is 103 cm³/mol. The van der Waals surface area contributed by atoms with Crippen molar-refractivity contribution in [3.8, 4) is 0 Å². The quantitative estimate of drug-likeness (QED) is 0.645. The van der Waals surface area contributed by atoms with Crippen LogP contribution in [0.25, 0.3) is 16.5 Å². The van der Waals surface area contributed by atoms with Crippen LogP contribution in [0.5, 0.6) is 0 Å². The summed E-state index contributed by atoms with van der Waals surface area (Å²) in [6.45, 7) is 2.01. The Labute approximate surface area is 153 Å². The number of rotatable bonds is 2. The third-order valence-electron chi connectivity index (χ3n) is 4.42. The number of nitrogens with one attached hydrogen (secondary N) is 2. The molecule has 0 bridgehead atoms. The van der Waals surface area contributed by atoms with E-state index in [2.05, 4.69) is 9.97 Å². The van der Waals surface area contributed by atoms with Gasteiger partial charge >= 0.3 is 0 Å². The highest BCUT2D eigenvalue weighted by Crippen LogP contribution is 2.31. The maximum atomic E-state index is 12.3. The molecule has 0 unspecified atom stereocenters. The number of nitrogens with zero attached hydrogens (tertiary/aromatic N) is 2. The van der Waals surface area contributed by atoms with E-state index < -0.39 is 0 Å². The first-order valence-corrected chi connectivity index (χ1v) is 8.37. The number of hydrogen-bond acceptors (Lipinski definition) is 4. The molecule has 7 heteroatoms. The third kappa shape index (κ3) is 2.55. The molecule has 0 atom stereocenters. The zero-order valence-electron chi connectivity index (χ0n) is 13.9. The first-order valence-electron chi connectivity index (χ1n) is 8.00. The van der Waals surface area contributed by atoms with E-state index in [0.717, 1.165) is 5.56 Å². The third-order valence-corrected chi connectivity index (χ3v) is 4.83. The molecular formula is C19H15ClN4O2. The van der Waals surface area contributed by atoms with Crippen molar-refractivity contribution in [1.29, 1.82) is 5.41 Å². The Hall–Kier alpha value is -3.12. The standard InChI is InChI=1S/C19H15ClN4O2/c1-10-6-7-11(8-13(10)20)24-9-15(25)16(17(24)21)18-22-14-5-3-2-4-12(14)19(26)23-18/h2-8,21,25H,9H2,1H3,(H,22,23,26). The largest absolute Gasteiger partial charge is 0.509 e. The van der Waals surface area contributed by atoms with Gasteiger partial charge in [-0.05, 0) is 36.8 Å². The molecule has 3 aromatic rings. The number of aliphatic hydroxyl groups excluding tert-OH is 1. The van der Waals surface area contributed by atoms with Gasteiger partial charge < -0.3 is 15.0 Å². The fourth-order valence-corrected chi connectivity index (χ4v) is 3.18. The molecule has 26 heavy (non-hydrogen) atoms. The topological polar surface area (TPSA) is 93.1 Å². The van der Waals surface area contributed by atoms with Crippen molar-refractivity contribution in [2.45, 2.75) is 6.92 Å². The second-order valence-electron chi connectivity index (χ2n) is 6.12. The molecule has 0 saturated carbocycles. The van der Waals surface area contributed by atoms with Crippen molar-refractivity contribution < 1.29 is 5.11 Å². The van der Waals surface area contributed by atoms with Gasteiger partial charge in [-0.3, -0.25) is 10.2 Å². The van der Waals surface area contributed by atoms with Gasteiger partial charge in [0.1, 0.15) is 17.4 Å². The first-order chi connectivity index (χ1) is 12.5. The smallest absolute Gasteiger partial charge is 0.259 e. The summed E-state index contributed by atoms with van der Waals surface area (Å²) in [5.41, 5.74) is 2.03. The summed E-state index contributed by atoms with van der Waals surface area (Å²) in [6, 6.07) is 12.4. The molecule has 1 aliphatic heterocycles. The van der Waals surface area contributed by atoms with E-state index in [-0.39, 0.29) is 35.1 Å². The van der Waals surface area contributed by atoms with Crippen LogP contribution in [-0.4, -0.2) is 27.5 Å². The van der Waals surface area contributed by atoms with Crippen molar-refractivity contribution in [2.75, 3.05) is 11.4 Å². The summed E-state index contributed by atoms with van der Waals surface area (Å²) in [6.07, 6.45) is 0. The van der Waals surface area contributed by atoms with E-state index >= 15 is 0 Å². The van der Waals surface area contributed by atoms with Crippen LogP contribution in [0.1, 0.15) is 11.4 Å². The van der Waals surface area contributed by atoms with Gasteiger partial charge in [0.25, 0.3) is 5.56 Å². The van der Waals surface area contributed by atoms with Gasteiger partial charge in [0.2, 0.25) is 0 Å².